The minimum Gasteiger partial charge on any atom is -0.482 e. The topological polar surface area (TPSA) is 50.4 Å². The summed E-state index contributed by atoms with van der Waals surface area (Å²) in [7, 11) is 0. The Kier molecular flexibility index (Phi) is 6.08. The summed E-state index contributed by atoms with van der Waals surface area (Å²) in [5.74, 6) is -1.09. The van der Waals surface area contributed by atoms with E-state index in [1.807, 2.05) is 0 Å². The summed E-state index contributed by atoms with van der Waals surface area (Å²) in [5, 5.41) is 5.17. The first-order valence-corrected chi connectivity index (χ1v) is 7.40. The molecule has 0 atom stereocenters. The van der Waals surface area contributed by atoms with Crippen molar-refractivity contribution in [1.29, 1.82) is 0 Å². The SMILES string of the molecule is O=C(CNc1ccccc1OCC(F)(F)F)Nc1ccc(F)cc1Cl. The van der Waals surface area contributed by atoms with Gasteiger partial charge in [0.05, 0.1) is 22.9 Å². The number of anilines is 2. The fourth-order valence-electron chi connectivity index (χ4n) is 1.86. The van der Waals surface area contributed by atoms with E-state index in [2.05, 4.69) is 10.6 Å². The van der Waals surface area contributed by atoms with Crippen molar-refractivity contribution in [3.63, 3.8) is 0 Å². The molecule has 4 nitrogen and oxygen atoms in total. The molecule has 0 aromatic heterocycles. The van der Waals surface area contributed by atoms with Gasteiger partial charge in [0.2, 0.25) is 5.91 Å². The standard InChI is InChI=1S/C16H13ClF4N2O2/c17-11-7-10(18)5-6-12(11)23-15(24)8-22-13-3-1-2-4-14(13)25-9-16(19,20)21/h1-7,22H,8-9H2,(H,23,24). The van der Waals surface area contributed by atoms with Gasteiger partial charge in [0.25, 0.3) is 0 Å². The van der Waals surface area contributed by atoms with Crippen molar-refractivity contribution < 1.29 is 27.1 Å². The van der Waals surface area contributed by atoms with E-state index in [1.165, 1.54) is 24.3 Å². The minimum atomic E-state index is -4.47. The summed E-state index contributed by atoms with van der Waals surface area (Å²) in [4.78, 5) is 11.9. The Labute approximate surface area is 145 Å². The van der Waals surface area contributed by atoms with E-state index in [9.17, 15) is 22.4 Å². The van der Waals surface area contributed by atoms with E-state index in [1.54, 1.807) is 6.07 Å². The maximum Gasteiger partial charge on any atom is 0.422 e. The zero-order valence-electron chi connectivity index (χ0n) is 12.7. The van der Waals surface area contributed by atoms with Crippen molar-refractivity contribution in [3.8, 4) is 5.75 Å². The number of nitrogens with one attached hydrogen (secondary N) is 2. The van der Waals surface area contributed by atoms with Crippen LogP contribution in [0, 0.1) is 5.82 Å². The molecule has 2 N–H and O–H groups in total. The summed E-state index contributed by atoms with van der Waals surface area (Å²) in [5.41, 5.74) is 0.448. The Bertz CT molecular complexity index is 753. The van der Waals surface area contributed by atoms with Crippen LogP contribution >= 0.6 is 11.6 Å². The third kappa shape index (κ3) is 6.15. The number of ether oxygens (including phenoxy) is 1. The highest BCUT2D eigenvalue weighted by Crippen LogP contribution is 2.26. The van der Waals surface area contributed by atoms with E-state index in [0.717, 1.165) is 12.1 Å². The Hall–Kier alpha value is -2.48. The molecule has 0 unspecified atom stereocenters. The lowest BCUT2D eigenvalue weighted by atomic mass is 10.3. The van der Waals surface area contributed by atoms with Crippen molar-refractivity contribution in [2.24, 2.45) is 0 Å². The van der Waals surface area contributed by atoms with Gasteiger partial charge in [-0.05, 0) is 30.3 Å². The van der Waals surface area contributed by atoms with Crippen LogP contribution in [0.15, 0.2) is 42.5 Å². The monoisotopic (exact) mass is 376 g/mol. The fourth-order valence-corrected chi connectivity index (χ4v) is 2.07. The third-order valence-corrected chi connectivity index (χ3v) is 3.24. The second kappa shape index (κ2) is 8.06. The molecule has 0 heterocycles. The van der Waals surface area contributed by atoms with Gasteiger partial charge in [0.1, 0.15) is 11.6 Å². The molecule has 0 bridgehead atoms. The molecule has 25 heavy (non-hydrogen) atoms. The Morgan fingerprint density at radius 1 is 1.12 bits per heavy atom. The fraction of sp³-hybridized carbons (Fsp3) is 0.188. The third-order valence-electron chi connectivity index (χ3n) is 2.92. The Morgan fingerprint density at radius 2 is 1.84 bits per heavy atom. The lowest BCUT2D eigenvalue weighted by molar-refractivity contribution is -0.153. The molecule has 0 saturated heterocycles. The number of halogens is 5. The van der Waals surface area contributed by atoms with Crippen LogP contribution in [-0.4, -0.2) is 25.2 Å². The van der Waals surface area contributed by atoms with Crippen molar-refractivity contribution in [3.05, 3.63) is 53.3 Å². The van der Waals surface area contributed by atoms with Crippen LogP contribution in [0.5, 0.6) is 5.75 Å². The molecule has 9 heteroatoms. The van der Waals surface area contributed by atoms with Crippen LogP contribution in [0.2, 0.25) is 5.02 Å². The number of alkyl halides is 3. The minimum absolute atomic E-state index is 0.0299. The van der Waals surface area contributed by atoms with E-state index in [4.69, 9.17) is 16.3 Å². The first-order chi connectivity index (χ1) is 11.7. The zero-order chi connectivity index (χ0) is 18.4. The number of benzene rings is 2. The molecule has 0 fully saturated rings. The summed E-state index contributed by atoms with van der Waals surface area (Å²) in [6.45, 7) is -1.69. The molecular formula is C16H13ClF4N2O2. The number of rotatable bonds is 6. The summed E-state index contributed by atoms with van der Waals surface area (Å²) in [6, 6.07) is 9.40. The van der Waals surface area contributed by atoms with E-state index >= 15 is 0 Å². The number of carbonyl (C=O) groups excluding carboxylic acids is 1. The average molecular weight is 377 g/mol. The van der Waals surface area contributed by atoms with Crippen LogP contribution in [-0.2, 0) is 4.79 Å². The maximum atomic E-state index is 13.0. The lowest BCUT2D eigenvalue weighted by Gasteiger charge is -2.14. The second-order valence-electron chi connectivity index (χ2n) is 4.93. The van der Waals surface area contributed by atoms with Gasteiger partial charge in [0, 0.05) is 0 Å². The molecular weight excluding hydrogens is 364 g/mol. The summed E-state index contributed by atoms with van der Waals surface area (Å²) < 4.78 is 54.4. The molecule has 2 aromatic rings. The van der Waals surface area contributed by atoms with Crippen LogP contribution in [0.3, 0.4) is 0 Å². The van der Waals surface area contributed by atoms with Crippen LogP contribution < -0.4 is 15.4 Å². The Balaban J connectivity index is 1.95. The molecule has 0 radical (unpaired) electrons. The zero-order valence-corrected chi connectivity index (χ0v) is 13.4. The average Bonchev–Trinajstić information content (AvgIpc) is 2.53. The van der Waals surface area contributed by atoms with Gasteiger partial charge in [-0.15, -0.1) is 0 Å². The lowest BCUT2D eigenvalue weighted by Crippen LogP contribution is -2.23. The van der Waals surface area contributed by atoms with Gasteiger partial charge in [0.15, 0.2) is 6.61 Å². The first-order valence-electron chi connectivity index (χ1n) is 7.02. The number of amides is 1. The van der Waals surface area contributed by atoms with E-state index in [-0.39, 0.29) is 28.7 Å². The second-order valence-corrected chi connectivity index (χ2v) is 5.33. The van der Waals surface area contributed by atoms with E-state index in [0.29, 0.717) is 0 Å². The highest BCUT2D eigenvalue weighted by Gasteiger charge is 2.28. The van der Waals surface area contributed by atoms with Gasteiger partial charge in [-0.25, -0.2) is 4.39 Å². The molecule has 0 saturated carbocycles. The number of hydrogen-bond donors (Lipinski definition) is 2. The number of hydrogen-bond acceptors (Lipinski definition) is 3. The molecule has 0 spiro atoms. The van der Waals surface area contributed by atoms with Gasteiger partial charge in [-0.1, -0.05) is 23.7 Å². The largest absolute Gasteiger partial charge is 0.482 e. The number of carbonyl (C=O) groups is 1. The van der Waals surface area contributed by atoms with Crippen LogP contribution in [0.1, 0.15) is 0 Å². The first kappa shape index (κ1) is 18.9. The number of para-hydroxylation sites is 2. The van der Waals surface area contributed by atoms with Gasteiger partial charge < -0.3 is 15.4 Å². The van der Waals surface area contributed by atoms with E-state index < -0.39 is 24.5 Å². The van der Waals surface area contributed by atoms with Crippen LogP contribution in [0.25, 0.3) is 0 Å². The molecule has 134 valence electrons. The van der Waals surface area contributed by atoms with Gasteiger partial charge in [-0.2, -0.15) is 13.2 Å². The summed E-state index contributed by atoms with van der Waals surface area (Å²) >= 11 is 5.80. The molecule has 1 amide bonds. The van der Waals surface area contributed by atoms with Gasteiger partial charge in [-0.3, -0.25) is 4.79 Å². The molecule has 0 aliphatic heterocycles. The van der Waals surface area contributed by atoms with Crippen molar-refractivity contribution in [2.45, 2.75) is 6.18 Å². The molecule has 2 aromatic carbocycles. The Morgan fingerprint density at radius 3 is 2.52 bits per heavy atom. The normalized spacial score (nSPS) is 11.1. The molecule has 0 aliphatic rings. The van der Waals surface area contributed by atoms with Crippen molar-refractivity contribution in [2.75, 3.05) is 23.8 Å². The predicted octanol–water partition coefficient (Wildman–Crippen LogP) is 4.47. The smallest absolute Gasteiger partial charge is 0.422 e. The maximum absolute atomic E-state index is 13.0. The highest BCUT2D eigenvalue weighted by atomic mass is 35.5. The highest BCUT2D eigenvalue weighted by molar-refractivity contribution is 6.33. The molecule has 0 aliphatic carbocycles. The van der Waals surface area contributed by atoms with Gasteiger partial charge >= 0.3 is 6.18 Å². The van der Waals surface area contributed by atoms with Crippen molar-refractivity contribution >= 4 is 28.9 Å². The summed E-state index contributed by atoms with van der Waals surface area (Å²) in [6.07, 6.45) is -4.47. The van der Waals surface area contributed by atoms with Crippen molar-refractivity contribution in [1.82, 2.24) is 0 Å². The predicted molar refractivity (Wildman–Crippen MR) is 86.5 cm³/mol. The molecule has 2 rings (SSSR count). The van der Waals surface area contributed by atoms with Crippen LogP contribution in [0.4, 0.5) is 28.9 Å². The quantitative estimate of drug-likeness (QED) is 0.731.